The molecule has 5 rings (SSSR count). The van der Waals surface area contributed by atoms with Gasteiger partial charge in [-0.1, -0.05) is 71.8 Å². The van der Waals surface area contributed by atoms with Crippen molar-refractivity contribution in [3.63, 3.8) is 0 Å². The molecule has 0 saturated heterocycles. The minimum Gasteiger partial charge on any atom is -0.490 e. The highest BCUT2D eigenvalue weighted by Gasteiger charge is 2.37. The molecule has 4 aromatic rings. The number of carbonyl (C=O) groups is 1. The third-order valence-corrected chi connectivity index (χ3v) is 5.90. The number of carbonyl (C=O) groups excluding carboxylic acids is 1. The number of rotatable bonds is 9. The van der Waals surface area contributed by atoms with Crippen LogP contribution in [0.15, 0.2) is 84.4 Å². The molecular weight excluding hydrogens is 470 g/mol. The van der Waals surface area contributed by atoms with Gasteiger partial charge in [0.05, 0.1) is 24.5 Å². The molecule has 9 heteroatoms. The van der Waals surface area contributed by atoms with Crippen LogP contribution in [0.3, 0.4) is 0 Å². The second-order valence-electron chi connectivity index (χ2n) is 8.26. The lowest BCUT2D eigenvalue weighted by Crippen LogP contribution is -2.30. The number of hydrogen-bond acceptors (Lipinski definition) is 8. The van der Waals surface area contributed by atoms with Gasteiger partial charge in [-0.15, -0.1) is 0 Å². The smallest absolute Gasteiger partial charge is 0.338 e. The predicted octanol–water partition coefficient (Wildman–Crippen LogP) is 4.64. The van der Waals surface area contributed by atoms with Crippen LogP contribution < -0.4 is 14.8 Å². The Balaban J connectivity index is 1.60. The topological polar surface area (TPSA) is 100 Å². The van der Waals surface area contributed by atoms with Crippen LogP contribution in [0, 0.1) is 0 Å². The molecule has 1 aromatic heterocycles. The summed E-state index contributed by atoms with van der Waals surface area (Å²) in [6, 6.07) is 24.5. The zero-order chi connectivity index (χ0) is 25.6. The van der Waals surface area contributed by atoms with Crippen molar-refractivity contribution in [3.05, 3.63) is 101 Å². The third kappa shape index (κ3) is 5.02. The van der Waals surface area contributed by atoms with E-state index in [0.29, 0.717) is 41.9 Å². The Morgan fingerprint density at radius 3 is 2.41 bits per heavy atom. The number of benzene rings is 3. The first-order chi connectivity index (χ1) is 18.2. The van der Waals surface area contributed by atoms with Crippen LogP contribution >= 0.6 is 0 Å². The van der Waals surface area contributed by atoms with Gasteiger partial charge in [0.15, 0.2) is 11.5 Å². The number of nitrogens with one attached hydrogen (secondary N) is 1. The Labute approximate surface area is 214 Å². The third-order valence-electron chi connectivity index (χ3n) is 5.90. The molecule has 0 fully saturated rings. The monoisotopic (exact) mass is 497 g/mol. The van der Waals surface area contributed by atoms with Crippen molar-refractivity contribution in [3.8, 4) is 11.5 Å². The van der Waals surface area contributed by atoms with Gasteiger partial charge >= 0.3 is 5.97 Å². The van der Waals surface area contributed by atoms with E-state index in [-0.39, 0.29) is 6.61 Å². The van der Waals surface area contributed by atoms with Crippen LogP contribution in [0.5, 0.6) is 11.5 Å². The molecule has 188 valence electrons. The fourth-order valence-corrected chi connectivity index (χ4v) is 4.27. The summed E-state index contributed by atoms with van der Waals surface area (Å²) in [6.07, 6.45) is 0. The van der Waals surface area contributed by atoms with Gasteiger partial charge in [-0.05, 0) is 53.1 Å². The van der Waals surface area contributed by atoms with E-state index < -0.39 is 12.0 Å². The van der Waals surface area contributed by atoms with Gasteiger partial charge in [0.25, 0.3) is 0 Å². The molecule has 1 atom stereocenters. The molecule has 0 spiro atoms. The van der Waals surface area contributed by atoms with Crippen molar-refractivity contribution >= 4 is 17.6 Å². The van der Waals surface area contributed by atoms with Crippen LogP contribution in [-0.2, 0) is 16.1 Å². The SMILES string of the molecule is CCOC(=O)C1=C(c2ccccc2)Nc2nnnn2C1c1ccc(OCc2ccccc2)c(OCC)c1. The normalized spacial score (nSPS) is 14.5. The highest BCUT2D eigenvalue weighted by Crippen LogP contribution is 2.41. The van der Waals surface area contributed by atoms with E-state index in [1.54, 1.807) is 11.6 Å². The average molecular weight is 498 g/mol. The first-order valence-electron chi connectivity index (χ1n) is 12.1. The number of tetrazole rings is 1. The Morgan fingerprint density at radius 2 is 1.68 bits per heavy atom. The summed E-state index contributed by atoms with van der Waals surface area (Å²) in [4.78, 5) is 13.4. The van der Waals surface area contributed by atoms with Crippen molar-refractivity contribution < 1.29 is 19.0 Å². The zero-order valence-electron chi connectivity index (χ0n) is 20.6. The highest BCUT2D eigenvalue weighted by atomic mass is 16.5. The number of anilines is 1. The van der Waals surface area contributed by atoms with Crippen LogP contribution in [-0.4, -0.2) is 39.4 Å². The van der Waals surface area contributed by atoms with Crippen molar-refractivity contribution in [2.24, 2.45) is 0 Å². The molecule has 1 aliphatic rings. The number of hydrogen-bond donors (Lipinski definition) is 1. The molecule has 0 saturated carbocycles. The second-order valence-corrected chi connectivity index (χ2v) is 8.26. The molecule has 9 nitrogen and oxygen atoms in total. The molecule has 0 aliphatic carbocycles. The standard InChI is InChI=1S/C28H27N5O4/c1-3-35-23-17-21(15-16-22(23)37-18-19-11-7-5-8-12-19)26-24(27(34)36-4-2)25(20-13-9-6-10-14-20)29-28-30-31-32-33(26)28/h5-17,26H,3-4,18H2,1-2H3,(H,29,30,32). The van der Waals surface area contributed by atoms with Crippen molar-refractivity contribution in [2.45, 2.75) is 26.5 Å². The molecule has 1 N–H and O–H groups in total. The van der Waals surface area contributed by atoms with Gasteiger partial charge in [-0.2, -0.15) is 4.68 Å². The van der Waals surface area contributed by atoms with Gasteiger partial charge in [0.2, 0.25) is 5.95 Å². The van der Waals surface area contributed by atoms with E-state index in [4.69, 9.17) is 14.2 Å². The fraction of sp³-hybridized carbons (Fsp3) is 0.214. The number of aromatic nitrogens is 4. The molecule has 1 aliphatic heterocycles. The van der Waals surface area contributed by atoms with E-state index in [0.717, 1.165) is 16.7 Å². The summed E-state index contributed by atoms with van der Waals surface area (Å²) in [6.45, 7) is 4.77. The van der Waals surface area contributed by atoms with Crippen molar-refractivity contribution in [1.82, 2.24) is 20.2 Å². The Morgan fingerprint density at radius 1 is 0.919 bits per heavy atom. The van der Waals surface area contributed by atoms with Crippen molar-refractivity contribution in [2.75, 3.05) is 18.5 Å². The second kappa shape index (κ2) is 10.9. The van der Waals surface area contributed by atoms with E-state index >= 15 is 0 Å². The molecule has 37 heavy (non-hydrogen) atoms. The van der Waals surface area contributed by atoms with E-state index in [2.05, 4.69) is 20.8 Å². The summed E-state index contributed by atoms with van der Waals surface area (Å²) in [5.41, 5.74) is 3.60. The number of esters is 1. The minimum absolute atomic E-state index is 0.232. The molecule has 0 amide bonds. The van der Waals surface area contributed by atoms with Gasteiger partial charge < -0.3 is 19.5 Å². The van der Waals surface area contributed by atoms with Crippen LogP contribution in [0.25, 0.3) is 5.70 Å². The summed E-state index contributed by atoms with van der Waals surface area (Å²) in [7, 11) is 0. The fourth-order valence-electron chi connectivity index (χ4n) is 4.27. The number of fused-ring (bicyclic) bond motifs is 1. The summed E-state index contributed by atoms with van der Waals surface area (Å²) in [5, 5.41) is 15.4. The predicted molar refractivity (Wildman–Crippen MR) is 138 cm³/mol. The molecule has 0 radical (unpaired) electrons. The molecule has 1 unspecified atom stereocenters. The summed E-state index contributed by atoms with van der Waals surface area (Å²) >= 11 is 0. The van der Waals surface area contributed by atoms with Crippen LogP contribution in [0.4, 0.5) is 5.95 Å². The maximum atomic E-state index is 13.4. The Kier molecular flexibility index (Phi) is 7.12. The van der Waals surface area contributed by atoms with E-state index in [1.165, 1.54) is 0 Å². The zero-order valence-corrected chi connectivity index (χ0v) is 20.6. The van der Waals surface area contributed by atoms with E-state index in [1.807, 2.05) is 85.8 Å². The Bertz CT molecular complexity index is 1400. The van der Waals surface area contributed by atoms with Crippen LogP contribution in [0.1, 0.15) is 36.6 Å². The van der Waals surface area contributed by atoms with Gasteiger partial charge in [0.1, 0.15) is 12.6 Å². The Hall–Kier alpha value is -4.66. The largest absolute Gasteiger partial charge is 0.490 e. The van der Waals surface area contributed by atoms with Gasteiger partial charge in [-0.3, -0.25) is 0 Å². The molecular formula is C28H27N5O4. The average Bonchev–Trinajstić information content (AvgIpc) is 3.41. The lowest BCUT2D eigenvalue weighted by molar-refractivity contribution is -0.138. The van der Waals surface area contributed by atoms with Crippen molar-refractivity contribution in [1.29, 1.82) is 0 Å². The van der Waals surface area contributed by atoms with Gasteiger partial charge in [0, 0.05) is 0 Å². The lowest BCUT2D eigenvalue weighted by atomic mass is 9.92. The lowest BCUT2D eigenvalue weighted by Gasteiger charge is -2.29. The van der Waals surface area contributed by atoms with E-state index in [9.17, 15) is 4.79 Å². The quantitative estimate of drug-likeness (QED) is 0.334. The number of nitrogens with zero attached hydrogens (tertiary/aromatic N) is 4. The number of ether oxygens (including phenoxy) is 3. The summed E-state index contributed by atoms with van der Waals surface area (Å²) < 4.78 is 19.1. The summed E-state index contributed by atoms with van der Waals surface area (Å²) in [5.74, 6) is 1.13. The highest BCUT2D eigenvalue weighted by molar-refractivity contribution is 6.02. The van der Waals surface area contributed by atoms with Gasteiger partial charge in [-0.25, -0.2) is 4.79 Å². The minimum atomic E-state index is -0.650. The first kappa shape index (κ1) is 24.1. The first-order valence-corrected chi connectivity index (χ1v) is 12.1. The maximum Gasteiger partial charge on any atom is 0.338 e. The van der Waals surface area contributed by atoms with Crippen LogP contribution in [0.2, 0.25) is 0 Å². The maximum absolute atomic E-state index is 13.4. The molecule has 2 heterocycles. The molecule has 0 bridgehead atoms. The molecule has 3 aromatic carbocycles.